The molecule has 0 N–H and O–H groups in total. The predicted octanol–water partition coefficient (Wildman–Crippen LogP) is 14.7. The monoisotopic (exact) mass is 709 g/mol. The molecule has 4 heteroatoms. The number of nitrogens with zero attached hydrogens (tertiary/aromatic N) is 1. The van der Waals surface area contributed by atoms with E-state index < -0.39 is 0 Å². The summed E-state index contributed by atoms with van der Waals surface area (Å²) in [5.41, 5.74) is 13.4. The third-order valence-corrected chi connectivity index (χ3v) is 11.3. The lowest BCUT2D eigenvalue weighted by Crippen LogP contribution is -2.24. The second-order valence-electron chi connectivity index (χ2n) is 14.9. The van der Waals surface area contributed by atoms with E-state index in [-0.39, 0.29) is 5.41 Å². The first-order valence-electron chi connectivity index (χ1n) is 18.7. The standard InChI is InChI=1S/C51H35NO3/c1-51(2)42-26-29-48-49(40-13-7-9-15-45(40)54-48)50(42)55-47-27-20-35(30-43(47)51)34-18-23-37(24-19-34)52(36-21-16-33(17-22-36)32-10-4-3-5-11-32)38-25-28-46-41(31-38)39-12-6-8-14-44(39)53-46/h3-31H,1-2H3. The fourth-order valence-electron chi connectivity index (χ4n) is 8.46. The van der Waals surface area contributed by atoms with E-state index in [4.69, 9.17) is 13.6 Å². The molecule has 262 valence electrons. The van der Waals surface area contributed by atoms with Crippen molar-refractivity contribution in [2.75, 3.05) is 4.90 Å². The number of ether oxygens (including phenoxy) is 1. The minimum Gasteiger partial charge on any atom is -0.456 e. The zero-order valence-corrected chi connectivity index (χ0v) is 30.4. The fourth-order valence-corrected chi connectivity index (χ4v) is 8.46. The quantitative estimate of drug-likeness (QED) is 0.178. The van der Waals surface area contributed by atoms with Gasteiger partial charge in [0.2, 0.25) is 0 Å². The van der Waals surface area contributed by atoms with Crippen molar-refractivity contribution >= 4 is 60.9 Å². The van der Waals surface area contributed by atoms with E-state index in [0.29, 0.717) is 0 Å². The molecule has 0 amide bonds. The maximum absolute atomic E-state index is 6.75. The minimum atomic E-state index is -0.288. The van der Waals surface area contributed by atoms with Crippen LogP contribution in [0, 0.1) is 0 Å². The minimum absolute atomic E-state index is 0.288. The van der Waals surface area contributed by atoms with Gasteiger partial charge in [-0.2, -0.15) is 0 Å². The Hall–Kier alpha value is -7.04. The van der Waals surface area contributed by atoms with Crippen molar-refractivity contribution in [2.24, 2.45) is 0 Å². The Morgan fingerprint density at radius 1 is 0.400 bits per heavy atom. The Bertz CT molecular complexity index is 3080. The molecular weight excluding hydrogens is 675 g/mol. The van der Waals surface area contributed by atoms with Gasteiger partial charge in [0.25, 0.3) is 0 Å². The zero-order valence-electron chi connectivity index (χ0n) is 30.4. The first kappa shape index (κ1) is 31.5. The van der Waals surface area contributed by atoms with E-state index in [1.54, 1.807) is 0 Å². The molecule has 2 aromatic heterocycles. The van der Waals surface area contributed by atoms with Gasteiger partial charge in [-0.25, -0.2) is 0 Å². The van der Waals surface area contributed by atoms with E-state index >= 15 is 0 Å². The van der Waals surface area contributed by atoms with Gasteiger partial charge in [-0.15, -0.1) is 0 Å². The van der Waals surface area contributed by atoms with Crippen LogP contribution >= 0.6 is 0 Å². The molecule has 0 spiro atoms. The van der Waals surface area contributed by atoms with Gasteiger partial charge in [0.1, 0.15) is 33.8 Å². The van der Waals surface area contributed by atoms with Crippen LogP contribution < -0.4 is 9.64 Å². The van der Waals surface area contributed by atoms with Crippen molar-refractivity contribution in [3.63, 3.8) is 0 Å². The van der Waals surface area contributed by atoms with E-state index in [0.717, 1.165) is 94.7 Å². The number of fused-ring (bicyclic) bond motifs is 9. The third kappa shape index (κ3) is 4.99. The molecule has 1 aliphatic rings. The van der Waals surface area contributed by atoms with Crippen molar-refractivity contribution in [1.29, 1.82) is 0 Å². The van der Waals surface area contributed by atoms with Crippen LogP contribution in [0.1, 0.15) is 25.0 Å². The topological polar surface area (TPSA) is 38.8 Å². The summed E-state index contributed by atoms with van der Waals surface area (Å²) in [7, 11) is 0. The van der Waals surface area contributed by atoms with E-state index in [9.17, 15) is 0 Å². The van der Waals surface area contributed by atoms with Gasteiger partial charge in [-0.05, 0) is 95.1 Å². The molecule has 55 heavy (non-hydrogen) atoms. The summed E-state index contributed by atoms with van der Waals surface area (Å²) >= 11 is 0. The first-order chi connectivity index (χ1) is 27.0. The lowest BCUT2D eigenvalue weighted by atomic mass is 9.74. The molecule has 0 atom stereocenters. The number of para-hydroxylation sites is 2. The molecule has 0 radical (unpaired) electrons. The number of hydrogen-bond acceptors (Lipinski definition) is 4. The Kier molecular flexibility index (Phi) is 6.86. The maximum Gasteiger partial charge on any atom is 0.143 e. The summed E-state index contributed by atoms with van der Waals surface area (Å²) in [4.78, 5) is 2.32. The average Bonchev–Trinajstić information content (AvgIpc) is 3.80. The number of rotatable bonds is 5. The molecule has 0 saturated carbocycles. The lowest BCUT2D eigenvalue weighted by molar-refractivity contribution is 0.423. The molecule has 0 unspecified atom stereocenters. The Morgan fingerprint density at radius 2 is 0.945 bits per heavy atom. The van der Waals surface area contributed by atoms with Gasteiger partial charge in [0, 0.05) is 49.8 Å². The summed E-state index contributed by atoms with van der Waals surface area (Å²) in [6, 6.07) is 61.9. The normalized spacial score (nSPS) is 13.2. The van der Waals surface area contributed by atoms with Crippen molar-refractivity contribution in [3.8, 4) is 33.8 Å². The van der Waals surface area contributed by atoms with Crippen LogP contribution in [0.2, 0.25) is 0 Å². The van der Waals surface area contributed by atoms with Gasteiger partial charge in [0.05, 0.1) is 5.39 Å². The number of hydrogen-bond donors (Lipinski definition) is 0. The van der Waals surface area contributed by atoms with Crippen LogP contribution in [0.25, 0.3) is 66.1 Å². The van der Waals surface area contributed by atoms with Crippen molar-refractivity contribution in [2.45, 2.75) is 19.3 Å². The largest absolute Gasteiger partial charge is 0.456 e. The predicted molar refractivity (Wildman–Crippen MR) is 225 cm³/mol. The Balaban J connectivity index is 0.980. The molecule has 1 aliphatic heterocycles. The van der Waals surface area contributed by atoms with Crippen LogP contribution in [-0.2, 0) is 5.41 Å². The van der Waals surface area contributed by atoms with Crippen LogP contribution in [0.3, 0.4) is 0 Å². The summed E-state index contributed by atoms with van der Waals surface area (Å²) < 4.78 is 19.2. The van der Waals surface area contributed by atoms with Crippen molar-refractivity contribution in [3.05, 3.63) is 187 Å². The Labute approximate surface area is 318 Å². The van der Waals surface area contributed by atoms with Crippen molar-refractivity contribution in [1.82, 2.24) is 0 Å². The smallest absolute Gasteiger partial charge is 0.143 e. The fraction of sp³-hybridized carbons (Fsp3) is 0.0588. The Morgan fingerprint density at radius 3 is 1.69 bits per heavy atom. The highest BCUT2D eigenvalue weighted by Crippen LogP contribution is 2.53. The molecular formula is C51H35NO3. The molecule has 4 nitrogen and oxygen atoms in total. The number of furan rings is 2. The van der Waals surface area contributed by atoms with E-state index in [2.05, 4.69) is 170 Å². The summed E-state index contributed by atoms with van der Waals surface area (Å²) in [6.45, 7) is 4.57. The first-order valence-corrected chi connectivity index (χ1v) is 18.7. The highest BCUT2D eigenvalue weighted by atomic mass is 16.5. The van der Waals surface area contributed by atoms with E-state index in [1.807, 2.05) is 24.3 Å². The molecule has 0 aliphatic carbocycles. The SMILES string of the molecule is CC1(C)c2cc(-c3ccc(N(c4ccc(-c5ccccc5)cc4)c4ccc5oc6ccccc6c5c4)cc3)ccc2Oc2c1ccc1oc3ccccc3c21. The van der Waals surface area contributed by atoms with Gasteiger partial charge in [-0.1, -0.05) is 117 Å². The van der Waals surface area contributed by atoms with Crippen LogP contribution in [0.4, 0.5) is 17.1 Å². The lowest BCUT2D eigenvalue weighted by Gasteiger charge is -2.35. The van der Waals surface area contributed by atoms with E-state index in [1.165, 1.54) is 11.1 Å². The second kappa shape index (κ2) is 12.0. The molecule has 8 aromatic carbocycles. The third-order valence-electron chi connectivity index (χ3n) is 11.3. The molecule has 0 bridgehead atoms. The highest BCUT2D eigenvalue weighted by molar-refractivity contribution is 6.09. The zero-order chi connectivity index (χ0) is 36.7. The molecule has 3 heterocycles. The summed E-state index contributed by atoms with van der Waals surface area (Å²) in [5, 5.41) is 4.31. The number of benzene rings is 8. The molecule has 0 saturated heterocycles. The second-order valence-corrected chi connectivity index (χ2v) is 14.9. The van der Waals surface area contributed by atoms with Crippen LogP contribution in [0.15, 0.2) is 185 Å². The molecule has 11 rings (SSSR count). The van der Waals surface area contributed by atoms with Crippen LogP contribution in [0.5, 0.6) is 11.5 Å². The van der Waals surface area contributed by atoms with Gasteiger partial charge < -0.3 is 18.5 Å². The average molecular weight is 710 g/mol. The summed E-state index contributed by atoms with van der Waals surface area (Å²) in [6.07, 6.45) is 0. The summed E-state index contributed by atoms with van der Waals surface area (Å²) in [5.74, 6) is 1.76. The highest BCUT2D eigenvalue weighted by Gasteiger charge is 2.36. The molecule has 10 aromatic rings. The van der Waals surface area contributed by atoms with Gasteiger partial charge >= 0.3 is 0 Å². The maximum atomic E-state index is 6.75. The van der Waals surface area contributed by atoms with Crippen molar-refractivity contribution < 1.29 is 13.6 Å². The van der Waals surface area contributed by atoms with Gasteiger partial charge in [0.15, 0.2) is 0 Å². The van der Waals surface area contributed by atoms with Crippen LogP contribution in [-0.4, -0.2) is 0 Å². The number of anilines is 3. The molecule has 0 fully saturated rings. The van der Waals surface area contributed by atoms with Gasteiger partial charge in [-0.3, -0.25) is 0 Å².